The molecule has 2 atom stereocenters. The monoisotopic (exact) mass is 442 g/mol. The molecular formula is C20H20AsFN4O2. The van der Waals surface area contributed by atoms with E-state index in [1.807, 2.05) is 12.1 Å². The second kappa shape index (κ2) is 6.90. The third-order valence-corrected chi connectivity index (χ3v) is 8.67. The Kier molecular flexibility index (Phi) is 4.37. The molecule has 3 aliphatic rings. The molecule has 0 radical (unpaired) electrons. The number of amides is 2. The van der Waals surface area contributed by atoms with Crippen molar-refractivity contribution >= 4 is 31.8 Å². The van der Waals surface area contributed by atoms with E-state index in [9.17, 15) is 9.18 Å². The molecule has 0 aromatic heterocycles. The first kappa shape index (κ1) is 17.7. The number of nitrogens with one attached hydrogen (secondary N) is 2. The van der Waals surface area contributed by atoms with E-state index in [1.54, 1.807) is 11.9 Å². The SMILES string of the molecule is CN1C(=O)NN=C2COc3cc(-c4ccc(F)cc4)c([AsH]C4CNC4)cc3C21. The average molecular weight is 442 g/mol. The third kappa shape index (κ3) is 2.99. The number of urea groups is 1. The molecule has 0 aliphatic carbocycles. The van der Waals surface area contributed by atoms with Crippen molar-refractivity contribution in [3.8, 4) is 16.9 Å². The van der Waals surface area contributed by atoms with E-state index in [0.717, 1.165) is 41.2 Å². The summed E-state index contributed by atoms with van der Waals surface area (Å²) in [6.45, 7) is 2.44. The van der Waals surface area contributed by atoms with Gasteiger partial charge in [-0.25, -0.2) is 0 Å². The Balaban J connectivity index is 1.63. The number of fused-ring (bicyclic) bond motifs is 3. The molecule has 0 bridgehead atoms. The molecule has 1 saturated heterocycles. The Labute approximate surface area is 168 Å². The Hall–Kier alpha value is -2.37. The molecule has 2 aromatic carbocycles. The van der Waals surface area contributed by atoms with Gasteiger partial charge in [-0.2, -0.15) is 0 Å². The van der Waals surface area contributed by atoms with Gasteiger partial charge >= 0.3 is 169 Å². The molecule has 0 saturated carbocycles. The molecule has 3 aliphatic heterocycles. The van der Waals surface area contributed by atoms with E-state index in [1.165, 1.54) is 16.5 Å². The van der Waals surface area contributed by atoms with Crippen LogP contribution in [-0.4, -0.2) is 59.1 Å². The van der Waals surface area contributed by atoms with Gasteiger partial charge in [-0.1, -0.05) is 0 Å². The van der Waals surface area contributed by atoms with Crippen LogP contribution in [0.3, 0.4) is 0 Å². The van der Waals surface area contributed by atoms with Crippen molar-refractivity contribution in [3.05, 3.63) is 47.8 Å². The summed E-state index contributed by atoms with van der Waals surface area (Å²) in [7, 11) is 1.78. The Morgan fingerprint density at radius 1 is 1.25 bits per heavy atom. The summed E-state index contributed by atoms with van der Waals surface area (Å²) in [6, 6.07) is 10.5. The van der Waals surface area contributed by atoms with Crippen LogP contribution in [0, 0.1) is 5.82 Å². The third-order valence-electron chi connectivity index (χ3n) is 5.43. The molecule has 8 heteroatoms. The first-order chi connectivity index (χ1) is 13.6. The van der Waals surface area contributed by atoms with Crippen LogP contribution >= 0.6 is 0 Å². The van der Waals surface area contributed by atoms with E-state index in [2.05, 4.69) is 28.0 Å². The molecular weight excluding hydrogens is 422 g/mol. The molecule has 6 nitrogen and oxygen atoms in total. The van der Waals surface area contributed by atoms with Gasteiger partial charge in [0, 0.05) is 0 Å². The zero-order valence-electron chi connectivity index (χ0n) is 15.3. The van der Waals surface area contributed by atoms with E-state index in [-0.39, 0.29) is 17.9 Å². The van der Waals surface area contributed by atoms with Crippen molar-refractivity contribution in [2.75, 3.05) is 26.7 Å². The summed E-state index contributed by atoms with van der Waals surface area (Å²) in [5.41, 5.74) is 6.42. The molecule has 1 fully saturated rings. The second-order valence-corrected chi connectivity index (χ2v) is 10.7. The number of hydrogen-bond donors (Lipinski definition) is 2. The van der Waals surface area contributed by atoms with E-state index in [4.69, 9.17) is 4.74 Å². The van der Waals surface area contributed by atoms with Crippen molar-refractivity contribution in [2.45, 2.75) is 10.7 Å². The molecule has 144 valence electrons. The van der Waals surface area contributed by atoms with E-state index in [0.29, 0.717) is 11.3 Å². The zero-order valence-corrected chi connectivity index (χ0v) is 17.4. The van der Waals surface area contributed by atoms with E-state index < -0.39 is 15.8 Å². The number of carbonyl (C=O) groups excluding carboxylic acids is 1. The molecule has 2 aromatic rings. The number of halogens is 1. The van der Waals surface area contributed by atoms with Crippen LogP contribution in [0.15, 0.2) is 41.5 Å². The van der Waals surface area contributed by atoms with Crippen LogP contribution in [-0.2, 0) is 0 Å². The minimum atomic E-state index is -0.402. The number of ether oxygens (including phenoxy) is 1. The molecule has 3 heterocycles. The molecule has 2 amide bonds. The maximum atomic E-state index is 13.4. The van der Waals surface area contributed by atoms with Gasteiger partial charge in [0.25, 0.3) is 0 Å². The second-order valence-electron chi connectivity index (χ2n) is 7.26. The summed E-state index contributed by atoms with van der Waals surface area (Å²) in [5, 5.41) is 7.54. The number of benzene rings is 2. The fourth-order valence-electron chi connectivity index (χ4n) is 3.79. The van der Waals surface area contributed by atoms with Gasteiger partial charge in [0.1, 0.15) is 0 Å². The first-order valence-electron chi connectivity index (χ1n) is 9.23. The predicted molar refractivity (Wildman–Crippen MR) is 107 cm³/mol. The molecule has 0 spiro atoms. The van der Waals surface area contributed by atoms with Gasteiger partial charge in [-0.05, 0) is 0 Å². The van der Waals surface area contributed by atoms with Crippen LogP contribution in [0.4, 0.5) is 9.18 Å². The van der Waals surface area contributed by atoms with Crippen LogP contribution in [0.2, 0.25) is 4.71 Å². The first-order valence-corrected chi connectivity index (χ1v) is 11.5. The van der Waals surface area contributed by atoms with Gasteiger partial charge in [-0.15, -0.1) is 0 Å². The fourth-order valence-corrected chi connectivity index (χ4v) is 7.02. The topological polar surface area (TPSA) is 66.0 Å². The summed E-state index contributed by atoms with van der Waals surface area (Å²) in [6.07, 6.45) is 0. The van der Waals surface area contributed by atoms with Crippen molar-refractivity contribution in [1.82, 2.24) is 15.6 Å². The fraction of sp³-hybridized carbons (Fsp3) is 0.300. The van der Waals surface area contributed by atoms with E-state index >= 15 is 0 Å². The number of carbonyl (C=O) groups is 1. The quantitative estimate of drug-likeness (QED) is 0.707. The van der Waals surface area contributed by atoms with Crippen molar-refractivity contribution in [3.63, 3.8) is 0 Å². The summed E-state index contributed by atoms with van der Waals surface area (Å²) in [5.74, 6) is 0.529. The Bertz CT molecular complexity index is 975. The van der Waals surface area contributed by atoms with Crippen LogP contribution in [0.25, 0.3) is 11.1 Å². The average Bonchev–Trinajstić information content (AvgIpc) is 2.67. The maximum absolute atomic E-state index is 13.4. The number of hydrazone groups is 1. The standard InChI is InChI=1S/C20H20AsFN4O2/c1-26-19-15-6-16(21-12-8-23-9-12)14(11-2-4-13(22)5-3-11)7-18(15)28-10-17(19)24-25-20(26)27/h2-7,12,19,21,23H,8-10H2,1H3,(H,25,27). The predicted octanol–water partition coefficient (Wildman–Crippen LogP) is 1.39. The van der Waals surface area contributed by atoms with Gasteiger partial charge in [0.15, 0.2) is 0 Å². The van der Waals surface area contributed by atoms with Crippen LogP contribution < -0.4 is 19.8 Å². The van der Waals surface area contributed by atoms with Gasteiger partial charge in [-0.3, -0.25) is 0 Å². The van der Waals surface area contributed by atoms with Crippen molar-refractivity contribution < 1.29 is 13.9 Å². The molecule has 2 N–H and O–H groups in total. The molecule has 5 rings (SSSR count). The Morgan fingerprint density at radius 3 is 2.75 bits per heavy atom. The number of nitrogens with zero attached hydrogens (tertiary/aromatic N) is 2. The normalized spacial score (nSPS) is 21.5. The summed E-state index contributed by atoms with van der Waals surface area (Å²) >= 11 is -0.402. The molecule has 2 unspecified atom stereocenters. The van der Waals surface area contributed by atoms with Gasteiger partial charge < -0.3 is 0 Å². The zero-order chi connectivity index (χ0) is 19.3. The Morgan fingerprint density at radius 2 is 2.04 bits per heavy atom. The minimum absolute atomic E-state index is 0.204. The summed E-state index contributed by atoms with van der Waals surface area (Å²) in [4.78, 5) is 13.8. The van der Waals surface area contributed by atoms with Gasteiger partial charge in [0.2, 0.25) is 0 Å². The van der Waals surface area contributed by atoms with Gasteiger partial charge in [0.05, 0.1) is 0 Å². The molecule has 28 heavy (non-hydrogen) atoms. The number of hydrogen-bond acceptors (Lipinski definition) is 4. The number of rotatable bonds is 3. The van der Waals surface area contributed by atoms with Crippen LogP contribution in [0.5, 0.6) is 5.75 Å². The van der Waals surface area contributed by atoms with Crippen molar-refractivity contribution in [2.24, 2.45) is 5.10 Å². The van der Waals surface area contributed by atoms with Crippen molar-refractivity contribution in [1.29, 1.82) is 0 Å². The summed E-state index contributed by atoms with van der Waals surface area (Å²) < 4.78 is 21.4. The van der Waals surface area contributed by atoms with Crippen LogP contribution in [0.1, 0.15) is 11.6 Å².